The van der Waals surface area contributed by atoms with E-state index < -0.39 is 12.0 Å². The zero-order valence-electron chi connectivity index (χ0n) is 9.71. The molecular weight excluding hydrogens is 178 g/mol. The number of aliphatic carboxylic acids is 1. The molecule has 0 fully saturated rings. The van der Waals surface area contributed by atoms with Crippen LogP contribution in [0.15, 0.2) is 0 Å². The van der Waals surface area contributed by atoms with Gasteiger partial charge >= 0.3 is 5.97 Å². The van der Waals surface area contributed by atoms with E-state index in [9.17, 15) is 4.79 Å². The van der Waals surface area contributed by atoms with Gasteiger partial charge in [0, 0.05) is 6.04 Å². The molecule has 0 aromatic rings. The van der Waals surface area contributed by atoms with Gasteiger partial charge < -0.3 is 10.4 Å². The van der Waals surface area contributed by atoms with Gasteiger partial charge in [0.05, 0.1) is 0 Å². The molecule has 0 bridgehead atoms. The molecule has 0 spiro atoms. The molecular formula is C11H23NO2. The Morgan fingerprint density at radius 2 is 1.86 bits per heavy atom. The summed E-state index contributed by atoms with van der Waals surface area (Å²) in [6, 6.07) is -0.111. The van der Waals surface area contributed by atoms with Crippen LogP contribution < -0.4 is 5.32 Å². The normalized spacial score (nSPS) is 17.4. The smallest absolute Gasteiger partial charge is 0.320 e. The topological polar surface area (TPSA) is 49.3 Å². The van der Waals surface area contributed by atoms with Crippen LogP contribution in [0.1, 0.15) is 47.0 Å². The van der Waals surface area contributed by atoms with Crippen LogP contribution in [-0.2, 0) is 4.79 Å². The molecule has 3 nitrogen and oxygen atoms in total. The summed E-state index contributed by atoms with van der Waals surface area (Å²) in [7, 11) is 0. The van der Waals surface area contributed by atoms with Gasteiger partial charge in [-0.3, -0.25) is 4.79 Å². The molecule has 0 aliphatic rings. The molecule has 0 amide bonds. The van der Waals surface area contributed by atoms with Gasteiger partial charge in [0.15, 0.2) is 0 Å². The zero-order chi connectivity index (χ0) is 11.1. The van der Waals surface area contributed by atoms with Gasteiger partial charge in [-0.2, -0.15) is 0 Å². The average Bonchev–Trinajstić information content (AvgIpc) is 2.13. The molecule has 0 heterocycles. The van der Waals surface area contributed by atoms with E-state index in [4.69, 9.17) is 5.11 Å². The monoisotopic (exact) mass is 201 g/mol. The van der Waals surface area contributed by atoms with Gasteiger partial charge in [-0.25, -0.2) is 0 Å². The lowest BCUT2D eigenvalue weighted by molar-refractivity contribution is -0.139. The lowest BCUT2D eigenvalue weighted by Gasteiger charge is -2.21. The molecule has 3 atom stereocenters. The molecule has 0 aromatic carbocycles. The molecule has 14 heavy (non-hydrogen) atoms. The van der Waals surface area contributed by atoms with Gasteiger partial charge in [0.25, 0.3) is 0 Å². The summed E-state index contributed by atoms with van der Waals surface area (Å²) in [6.07, 6.45) is 2.83. The fraction of sp³-hybridized carbons (Fsp3) is 0.909. The van der Waals surface area contributed by atoms with Crippen LogP contribution in [0.5, 0.6) is 0 Å². The second-order valence-corrected chi connectivity index (χ2v) is 4.12. The molecule has 2 N–H and O–H groups in total. The first-order valence-corrected chi connectivity index (χ1v) is 5.50. The van der Waals surface area contributed by atoms with Crippen molar-refractivity contribution in [1.29, 1.82) is 0 Å². The fourth-order valence-corrected chi connectivity index (χ4v) is 1.55. The number of rotatable bonds is 7. The number of hydrogen-bond donors (Lipinski definition) is 2. The Labute approximate surface area is 86.9 Å². The van der Waals surface area contributed by atoms with Gasteiger partial charge in [-0.15, -0.1) is 0 Å². The third kappa shape index (κ3) is 5.22. The van der Waals surface area contributed by atoms with E-state index in [2.05, 4.69) is 26.1 Å². The quantitative estimate of drug-likeness (QED) is 0.664. The number of hydrogen-bond acceptors (Lipinski definition) is 2. The van der Waals surface area contributed by atoms with Crippen LogP contribution >= 0.6 is 0 Å². The van der Waals surface area contributed by atoms with E-state index in [1.165, 1.54) is 0 Å². The van der Waals surface area contributed by atoms with Crippen molar-refractivity contribution in [3.05, 3.63) is 0 Å². The Balaban J connectivity index is 3.90. The Morgan fingerprint density at radius 3 is 2.21 bits per heavy atom. The minimum atomic E-state index is -0.747. The molecule has 0 radical (unpaired) electrons. The first-order chi connectivity index (χ1) is 6.51. The summed E-state index contributed by atoms with van der Waals surface area (Å²) in [6.45, 7) is 8.30. The summed E-state index contributed by atoms with van der Waals surface area (Å²) >= 11 is 0. The average molecular weight is 201 g/mol. The van der Waals surface area contributed by atoms with E-state index in [1.807, 2.05) is 6.92 Å². The van der Waals surface area contributed by atoms with Crippen LogP contribution in [0.2, 0.25) is 0 Å². The third-order valence-corrected chi connectivity index (χ3v) is 2.64. The van der Waals surface area contributed by atoms with Gasteiger partial charge in [-0.05, 0) is 25.7 Å². The van der Waals surface area contributed by atoms with Crippen LogP contribution in [0.3, 0.4) is 0 Å². The van der Waals surface area contributed by atoms with Crippen molar-refractivity contribution in [3.63, 3.8) is 0 Å². The third-order valence-electron chi connectivity index (χ3n) is 2.64. The lowest BCUT2D eigenvalue weighted by Crippen LogP contribution is -2.42. The second kappa shape index (κ2) is 6.82. The Bertz CT molecular complexity index is 171. The number of carboxylic acid groups (broad SMARTS) is 1. The first kappa shape index (κ1) is 13.4. The molecule has 0 aliphatic heterocycles. The molecule has 84 valence electrons. The lowest BCUT2D eigenvalue weighted by atomic mass is 9.99. The van der Waals surface area contributed by atoms with E-state index in [0.29, 0.717) is 12.3 Å². The van der Waals surface area contributed by atoms with E-state index in [0.717, 1.165) is 12.8 Å². The van der Waals surface area contributed by atoms with Gasteiger partial charge in [-0.1, -0.05) is 27.2 Å². The van der Waals surface area contributed by atoms with Crippen molar-refractivity contribution in [2.24, 2.45) is 5.92 Å². The minimum absolute atomic E-state index is 0.283. The largest absolute Gasteiger partial charge is 0.480 e. The van der Waals surface area contributed by atoms with Crippen molar-refractivity contribution in [3.8, 4) is 0 Å². The van der Waals surface area contributed by atoms with E-state index in [-0.39, 0.29) is 6.04 Å². The molecule has 0 saturated heterocycles. The fourth-order valence-electron chi connectivity index (χ4n) is 1.55. The number of carbonyl (C=O) groups is 1. The zero-order valence-corrected chi connectivity index (χ0v) is 9.71. The van der Waals surface area contributed by atoms with Crippen molar-refractivity contribution < 1.29 is 9.90 Å². The summed E-state index contributed by atoms with van der Waals surface area (Å²) in [5.41, 5.74) is 0. The van der Waals surface area contributed by atoms with Crippen molar-refractivity contribution >= 4 is 5.97 Å². The Morgan fingerprint density at radius 1 is 1.29 bits per heavy atom. The second-order valence-electron chi connectivity index (χ2n) is 4.12. The highest BCUT2D eigenvalue weighted by molar-refractivity contribution is 5.73. The summed E-state index contributed by atoms with van der Waals surface area (Å²) in [4.78, 5) is 10.8. The number of nitrogens with one attached hydrogen (secondary N) is 1. The molecule has 0 aliphatic carbocycles. The minimum Gasteiger partial charge on any atom is -0.480 e. The van der Waals surface area contributed by atoms with Crippen molar-refractivity contribution in [2.45, 2.75) is 59.0 Å². The van der Waals surface area contributed by atoms with Crippen molar-refractivity contribution in [2.75, 3.05) is 0 Å². The predicted molar refractivity (Wildman–Crippen MR) is 58.4 cm³/mol. The molecule has 0 saturated carbocycles. The van der Waals surface area contributed by atoms with Crippen LogP contribution in [0, 0.1) is 5.92 Å². The number of carboxylic acids is 1. The Kier molecular flexibility index (Phi) is 6.54. The van der Waals surface area contributed by atoms with Crippen LogP contribution in [0.4, 0.5) is 0 Å². The Hall–Kier alpha value is -0.570. The first-order valence-electron chi connectivity index (χ1n) is 5.50. The molecule has 0 aromatic heterocycles. The maximum atomic E-state index is 10.8. The predicted octanol–water partition coefficient (Wildman–Crippen LogP) is 2.26. The summed E-state index contributed by atoms with van der Waals surface area (Å²) in [5, 5.41) is 12.0. The maximum Gasteiger partial charge on any atom is 0.320 e. The standard InChI is InChI=1S/C11H23NO2/c1-5-8(3)7-9(4)12-10(6-2)11(13)14/h8-10,12H,5-7H2,1-4H3,(H,13,14). The highest BCUT2D eigenvalue weighted by Crippen LogP contribution is 2.10. The summed E-state index contributed by atoms with van der Waals surface area (Å²) < 4.78 is 0. The van der Waals surface area contributed by atoms with Gasteiger partial charge in [0.1, 0.15) is 6.04 Å². The van der Waals surface area contributed by atoms with Crippen molar-refractivity contribution in [1.82, 2.24) is 5.32 Å². The van der Waals surface area contributed by atoms with E-state index >= 15 is 0 Å². The van der Waals surface area contributed by atoms with E-state index in [1.54, 1.807) is 0 Å². The van der Waals surface area contributed by atoms with Gasteiger partial charge in [0.2, 0.25) is 0 Å². The highest BCUT2D eigenvalue weighted by Gasteiger charge is 2.17. The molecule has 0 rings (SSSR count). The molecule has 3 unspecified atom stereocenters. The molecule has 3 heteroatoms. The SMILES string of the molecule is CCC(C)CC(C)NC(CC)C(=O)O. The maximum absolute atomic E-state index is 10.8. The highest BCUT2D eigenvalue weighted by atomic mass is 16.4. The summed E-state index contributed by atoms with van der Waals surface area (Å²) in [5.74, 6) is -0.0905. The van der Waals surface area contributed by atoms with Crippen LogP contribution in [0.25, 0.3) is 0 Å². The van der Waals surface area contributed by atoms with Crippen LogP contribution in [-0.4, -0.2) is 23.2 Å².